The number of hydrogen-bond donors (Lipinski definition) is 3. The van der Waals surface area contributed by atoms with Gasteiger partial charge < -0.3 is 15.8 Å². The third kappa shape index (κ3) is 4.39. The molecule has 2 rings (SSSR count). The van der Waals surface area contributed by atoms with Crippen LogP contribution < -0.4 is 16.6 Å². The summed E-state index contributed by atoms with van der Waals surface area (Å²) in [5.41, 5.74) is 6.35. The smallest absolute Gasteiger partial charge is 0.252 e. The number of anilines is 1. The highest BCUT2D eigenvalue weighted by atomic mass is 19.1. The van der Waals surface area contributed by atoms with Crippen LogP contribution in [0, 0.1) is 5.82 Å². The van der Waals surface area contributed by atoms with Gasteiger partial charge in [0.2, 0.25) is 11.9 Å². The Kier molecular flexibility index (Phi) is 4.62. The summed E-state index contributed by atoms with van der Waals surface area (Å²) in [5, 5.41) is 2.76. The molecule has 0 amide bonds. The number of aromatic nitrogens is 2. The number of hydrogen-bond acceptors (Lipinski definition) is 4. The lowest BCUT2D eigenvalue weighted by molar-refractivity contribution is 0.181. The van der Waals surface area contributed by atoms with Gasteiger partial charge in [-0.05, 0) is 24.3 Å². The van der Waals surface area contributed by atoms with Gasteiger partial charge in [0.1, 0.15) is 5.82 Å². The molecule has 0 saturated carbocycles. The summed E-state index contributed by atoms with van der Waals surface area (Å²) in [4.78, 5) is 21.9. The van der Waals surface area contributed by atoms with Gasteiger partial charge in [0.05, 0.1) is 12.3 Å². The van der Waals surface area contributed by atoms with Crippen LogP contribution in [0.3, 0.4) is 0 Å². The zero-order valence-electron chi connectivity index (χ0n) is 11.3. The van der Waals surface area contributed by atoms with Gasteiger partial charge in [-0.15, -0.1) is 0 Å². The Morgan fingerprint density at radius 2 is 2.19 bits per heavy atom. The van der Waals surface area contributed by atoms with Gasteiger partial charge in [0, 0.05) is 18.9 Å². The topological polar surface area (TPSA) is 105 Å². The fourth-order valence-corrected chi connectivity index (χ4v) is 1.59. The van der Waals surface area contributed by atoms with Crippen molar-refractivity contribution < 1.29 is 9.13 Å². The molecule has 0 aliphatic rings. The molecule has 0 fully saturated rings. The Morgan fingerprint density at radius 3 is 2.86 bits per heavy atom. The molecule has 1 aromatic heterocycles. The third-order valence-corrected chi connectivity index (χ3v) is 2.42. The van der Waals surface area contributed by atoms with E-state index in [1.54, 1.807) is 0 Å². The Labute approximate surface area is 119 Å². The molecule has 0 unspecified atom stereocenters. The molecule has 0 aliphatic heterocycles. The number of rotatable bonds is 4. The van der Waals surface area contributed by atoms with E-state index >= 15 is 0 Å². The molecular formula is C13H14FN5O2. The molecule has 0 spiro atoms. The summed E-state index contributed by atoms with van der Waals surface area (Å²) < 4.78 is 17.7. The number of aliphatic imine (C=N–C) groups is 1. The summed E-state index contributed by atoms with van der Waals surface area (Å²) in [7, 11) is 1.50. The van der Waals surface area contributed by atoms with Gasteiger partial charge in [-0.25, -0.2) is 9.37 Å². The predicted octanol–water partition coefficient (Wildman–Crippen LogP) is 1.11. The summed E-state index contributed by atoms with van der Waals surface area (Å²) >= 11 is 0. The van der Waals surface area contributed by atoms with Crippen LogP contribution in [0.15, 0.2) is 40.1 Å². The summed E-state index contributed by atoms with van der Waals surface area (Å²) in [6.07, 6.45) is 0. The molecule has 110 valence electrons. The standard InChI is InChI=1S/C13H14FN5O2/c1-21-7-10-6-11(20)18-13(17-10)19-12(15)16-9-4-2-8(14)3-5-9/h2-6H,7H2,1H3,(H4,15,16,17,18,19,20). The van der Waals surface area contributed by atoms with Crippen molar-refractivity contribution in [3.8, 4) is 0 Å². The quantitative estimate of drug-likeness (QED) is 0.578. The largest absolute Gasteiger partial charge is 0.378 e. The van der Waals surface area contributed by atoms with E-state index in [1.165, 1.54) is 37.4 Å². The number of benzene rings is 1. The molecule has 4 N–H and O–H groups in total. The van der Waals surface area contributed by atoms with Crippen LogP contribution in [0.25, 0.3) is 0 Å². The minimum absolute atomic E-state index is 0.0133. The van der Waals surface area contributed by atoms with Crippen molar-refractivity contribution >= 4 is 17.6 Å². The molecule has 21 heavy (non-hydrogen) atoms. The number of H-pyrrole nitrogens is 1. The monoisotopic (exact) mass is 291 g/mol. The van der Waals surface area contributed by atoms with E-state index < -0.39 is 0 Å². The van der Waals surface area contributed by atoms with Crippen molar-refractivity contribution in [1.29, 1.82) is 0 Å². The lowest BCUT2D eigenvalue weighted by Gasteiger charge is -2.05. The molecule has 0 radical (unpaired) electrons. The Balaban J connectivity index is 2.18. The Hall–Kier alpha value is -2.74. The van der Waals surface area contributed by atoms with E-state index in [0.29, 0.717) is 11.4 Å². The SMILES string of the molecule is COCc1cc(=O)[nH]c(/N=C(/N)Nc2ccc(F)cc2)n1. The van der Waals surface area contributed by atoms with Crippen molar-refractivity contribution in [1.82, 2.24) is 9.97 Å². The first-order valence-corrected chi connectivity index (χ1v) is 6.03. The minimum Gasteiger partial charge on any atom is -0.378 e. The average Bonchev–Trinajstić information content (AvgIpc) is 2.41. The second kappa shape index (κ2) is 6.62. The predicted molar refractivity (Wildman–Crippen MR) is 76.9 cm³/mol. The Morgan fingerprint density at radius 1 is 1.48 bits per heavy atom. The van der Waals surface area contributed by atoms with Crippen LogP contribution in [0.5, 0.6) is 0 Å². The number of nitrogens with zero attached hydrogens (tertiary/aromatic N) is 2. The second-order valence-electron chi connectivity index (χ2n) is 4.12. The van der Waals surface area contributed by atoms with Crippen LogP contribution >= 0.6 is 0 Å². The van der Waals surface area contributed by atoms with E-state index in [4.69, 9.17) is 10.5 Å². The molecule has 8 heteroatoms. The van der Waals surface area contributed by atoms with Crippen molar-refractivity contribution in [3.63, 3.8) is 0 Å². The fourth-order valence-electron chi connectivity index (χ4n) is 1.59. The molecule has 2 aromatic rings. The highest BCUT2D eigenvalue weighted by Gasteiger charge is 2.02. The molecule has 0 bridgehead atoms. The summed E-state index contributed by atoms with van der Waals surface area (Å²) in [6.45, 7) is 0.192. The van der Waals surface area contributed by atoms with Crippen LogP contribution in [-0.4, -0.2) is 23.0 Å². The van der Waals surface area contributed by atoms with E-state index in [-0.39, 0.29) is 29.9 Å². The van der Waals surface area contributed by atoms with E-state index in [0.717, 1.165) is 0 Å². The van der Waals surface area contributed by atoms with Gasteiger partial charge in [-0.1, -0.05) is 0 Å². The maximum absolute atomic E-state index is 12.8. The van der Waals surface area contributed by atoms with Crippen molar-refractivity contribution in [3.05, 3.63) is 52.2 Å². The van der Waals surface area contributed by atoms with Gasteiger partial charge in [0.25, 0.3) is 5.56 Å². The van der Waals surface area contributed by atoms with Gasteiger partial charge in [-0.3, -0.25) is 9.78 Å². The molecule has 0 atom stereocenters. The molecule has 1 heterocycles. The van der Waals surface area contributed by atoms with Gasteiger partial charge >= 0.3 is 0 Å². The van der Waals surface area contributed by atoms with E-state index in [1.807, 2.05) is 0 Å². The van der Waals surface area contributed by atoms with Crippen LogP contribution in [-0.2, 0) is 11.3 Å². The molecule has 7 nitrogen and oxygen atoms in total. The number of nitrogens with one attached hydrogen (secondary N) is 2. The summed E-state index contributed by atoms with van der Waals surface area (Å²) in [5.74, 6) is -0.282. The molecule has 0 aliphatic carbocycles. The summed E-state index contributed by atoms with van der Waals surface area (Å²) in [6, 6.07) is 6.90. The van der Waals surface area contributed by atoms with Crippen LogP contribution in [0.2, 0.25) is 0 Å². The van der Waals surface area contributed by atoms with E-state index in [2.05, 4.69) is 20.3 Å². The van der Waals surface area contributed by atoms with Gasteiger partial charge in [0.15, 0.2) is 0 Å². The maximum atomic E-state index is 12.8. The molecular weight excluding hydrogens is 277 g/mol. The highest BCUT2D eigenvalue weighted by molar-refractivity contribution is 5.93. The number of aromatic amines is 1. The van der Waals surface area contributed by atoms with Crippen LogP contribution in [0.4, 0.5) is 16.0 Å². The minimum atomic E-state index is -0.356. The first-order valence-electron chi connectivity index (χ1n) is 6.03. The zero-order chi connectivity index (χ0) is 15.2. The first kappa shape index (κ1) is 14.7. The second-order valence-corrected chi connectivity index (χ2v) is 4.12. The number of methoxy groups -OCH3 is 1. The van der Waals surface area contributed by atoms with Crippen molar-refractivity contribution in [2.75, 3.05) is 12.4 Å². The zero-order valence-corrected chi connectivity index (χ0v) is 11.3. The van der Waals surface area contributed by atoms with E-state index in [9.17, 15) is 9.18 Å². The first-order chi connectivity index (χ1) is 10.1. The molecule has 1 aromatic carbocycles. The van der Waals surface area contributed by atoms with Crippen molar-refractivity contribution in [2.45, 2.75) is 6.61 Å². The van der Waals surface area contributed by atoms with Crippen LogP contribution in [0.1, 0.15) is 5.69 Å². The Bertz CT molecular complexity index is 696. The number of nitrogens with two attached hydrogens (primary N) is 1. The highest BCUT2D eigenvalue weighted by Crippen LogP contribution is 2.08. The lowest BCUT2D eigenvalue weighted by atomic mass is 10.3. The van der Waals surface area contributed by atoms with Gasteiger partial charge in [-0.2, -0.15) is 4.99 Å². The third-order valence-electron chi connectivity index (χ3n) is 2.42. The lowest BCUT2D eigenvalue weighted by Crippen LogP contribution is -2.22. The number of halogens is 1. The number of guanidine groups is 1. The fraction of sp³-hybridized carbons (Fsp3) is 0.154. The molecule has 0 saturated heterocycles. The normalized spacial score (nSPS) is 11.4. The number of ether oxygens (including phenoxy) is 1. The maximum Gasteiger partial charge on any atom is 0.252 e. The van der Waals surface area contributed by atoms with Crippen molar-refractivity contribution in [2.24, 2.45) is 10.7 Å². The average molecular weight is 291 g/mol.